The van der Waals surface area contributed by atoms with Crippen molar-refractivity contribution in [3.8, 4) is 0 Å². The van der Waals surface area contributed by atoms with E-state index < -0.39 is 17.2 Å². The van der Waals surface area contributed by atoms with E-state index in [9.17, 15) is 8.78 Å². The Morgan fingerprint density at radius 3 is 2.37 bits per heavy atom. The van der Waals surface area contributed by atoms with Crippen LogP contribution < -0.4 is 5.73 Å². The van der Waals surface area contributed by atoms with Crippen molar-refractivity contribution in [1.82, 2.24) is 0 Å². The summed E-state index contributed by atoms with van der Waals surface area (Å²) in [5.41, 5.74) is 5.87. The molecule has 2 N–H and O–H groups in total. The molecule has 0 aliphatic carbocycles. The highest BCUT2D eigenvalue weighted by Gasteiger charge is 2.29. The molecule has 0 radical (unpaired) electrons. The predicted molar refractivity (Wildman–Crippen MR) is 75.7 cm³/mol. The molecule has 0 heterocycles. The highest BCUT2D eigenvalue weighted by atomic mass is 79.9. The summed E-state index contributed by atoms with van der Waals surface area (Å²) in [6, 6.07) is 12.0. The largest absolute Gasteiger partial charge is 0.321 e. The average Bonchev–Trinajstić information content (AvgIpc) is 2.35. The molecule has 4 heteroatoms. The van der Waals surface area contributed by atoms with E-state index in [4.69, 9.17) is 5.73 Å². The number of hydrogen-bond donors (Lipinski definition) is 1. The third kappa shape index (κ3) is 3.01. The van der Waals surface area contributed by atoms with E-state index >= 15 is 0 Å². The van der Waals surface area contributed by atoms with Crippen LogP contribution in [0.5, 0.6) is 0 Å². The molecule has 2 aromatic rings. The van der Waals surface area contributed by atoms with Gasteiger partial charge in [0.2, 0.25) is 0 Å². The van der Waals surface area contributed by atoms with Gasteiger partial charge < -0.3 is 5.73 Å². The molecule has 100 valence electrons. The molecule has 1 unspecified atom stereocenters. The van der Waals surface area contributed by atoms with E-state index in [0.29, 0.717) is 6.42 Å². The molecule has 1 nitrogen and oxygen atoms in total. The lowest BCUT2D eigenvalue weighted by Gasteiger charge is -2.26. The molecule has 0 aromatic heterocycles. The molecule has 0 aliphatic rings. The molecule has 19 heavy (non-hydrogen) atoms. The molecular formula is C15H14BrF2N. The van der Waals surface area contributed by atoms with Crippen LogP contribution in [0.15, 0.2) is 46.9 Å². The summed E-state index contributed by atoms with van der Waals surface area (Å²) in [6.07, 6.45) is 0.359. The quantitative estimate of drug-likeness (QED) is 0.843. The van der Waals surface area contributed by atoms with E-state index in [1.807, 2.05) is 30.3 Å². The lowest BCUT2D eigenvalue weighted by molar-refractivity contribution is 0.423. The first kappa shape index (κ1) is 14.2. The molecule has 1 atom stereocenters. The molecule has 0 spiro atoms. The summed E-state index contributed by atoms with van der Waals surface area (Å²) >= 11 is 3.06. The highest BCUT2D eigenvalue weighted by Crippen LogP contribution is 2.31. The van der Waals surface area contributed by atoms with Gasteiger partial charge >= 0.3 is 0 Å². The zero-order valence-corrected chi connectivity index (χ0v) is 12.0. The topological polar surface area (TPSA) is 26.0 Å². The third-order valence-corrected chi connectivity index (χ3v) is 3.64. The van der Waals surface area contributed by atoms with Crippen molar-refractivity contribution in [2.24, 2.45) is 5.73 Å². The van der Waals surface area contributed by atoms with E-state index in [1.165, 1.54) is 12.1 Å². The van der Waals surface area contributed by atoms with Crippen LogP contribution in [0.2, 0.25) is 0 Å². The fourth-order valence-electron chi connectivity index (χ4n) is 2.16. The van der Waals surface area contributed by atoms with Crippen molar-refractivity contribution in [3.63, 3.8) is 0 Å². The molecular weight excluding hydrogens is 312 g/mol. The molecule has 2 aromatic carbocycles. The Kier molecular flexibility index (Phi) is 4.02. The zero-order chi connectivity index (χ0) is 14.0. The number of benzene rings is 2. The van der Waals surface area contributed by atoms with E-state index in [1.54, 1.807) is 6.92 Å². The molecule has 0 saturated carbocycles. The fraction of sp³-hybridized carbons (Fsp3) is 0.200. The van der Waals surface area contributed by atoms with Crippen LogP contribution in [0.3, 0.4) is 0 Å². The van der Waals surface area contributed by atoms with Gasteiger partial charge in [-0.15, -0.1) is 0 Å². The van der Waals surface area contributed by atoms with Gasteiger partial charge in [0.15, 0.2) is 0 Å². The Labute approximate surface area is 119 Å². The standard InChI is InChI=1S/C15H14BrF2N/c1-15(19,9-10-5-3-2-4-6-10)13-12(17)8-7-11(16)14(13)18/h2-8H,9,19H2,1H3. The van der Waals surface area contributed by atoms with Crippen molar-refractivity contribution in [2.75, 3.05) is 0 Å². The third-order valence-electron chi connectivity index (χ3n) is 3.03. The minimum Gasteiger partial charge on any atom is -0.321 e. The summed E-state index contributed by atoms with van der Waals surface area (Å²) in [4.78, 5) is 0. The van der Waals surface area contributed by atoms with Gasteiger partial charge in [-0.3, -0.25) is 0 Å². The minimum absolute atomic E-state index is 0.0919. The Hall–Kier alpha value is -1.26. The smallest absolute Gasteiger partial charge is 0.145 e. The van der Waals surface area contributed by atoms with Crippen LogP contribution >= 0.6 is 15.9 Å². The van der Waals surface area contributed by atoms with Gasteiger partial charge in [0.1, 0.15) is 11.6 Å². The normalized spacial score (nSPS) is 14.2. The second-order valence-electron chi connectivity index (χ2n) is 4.80. The van der Waals surface area contributed by atoms with Gasteiger partial charge in [0, 0.05) is 11.1 Å². The van der Waals surface area contributed by atoms with Crippen molar-refractivity contribution in [1.29, 1.82) is 0 Å². The molecule has 0 saturated heterocycles. The monoisotopic (exact) mass is 325 g/mol. The SMILES string of the molecule is CC(N)(Cc1ccccc1)c1c(F)ccc(Br)c1F. The second kappa shape index (κ2) is 5.39. The summed E-state index contributed by atoms with van der Waals surface area (Å²) in [6.45, 7) is 1.63. The van der Waals surface area contributed by atoms with Gasteiger partial charge in [-0.25, -0.2) is 8.78 Å². The summed E-state index contributed by atoms with van der Waals surface area (Å²) in [5, 5.41) is 0. The van der Waals surface area contributed by atoms with Crippen LogP contribution in [0.4, 0.5) is 8.78 Å². The van der Waals surface area contributed by atoms with Gasteiger partial charge in [-0.2, -0.15) is 0 Å². The minimum atomic E-state index is -1.11. The van der Waals surface area contributed by atoms with Gasteiger partial charge in [-0.1, -0.05) is 30.3 Å². The maximum absolute atomic E-state index is 14.1. The van der Waals surface area contributed by atoms with Gasteiger partial charge in [0.25, 0.3) is 0 Å². The van der Waals surface area contributed by atoms with Crippen LogP contribution in [0, 0.1) is 11.6 Å². The first-order chi connectivity index (χ1) is 8.92. The number of halogens is 3. The molecule has 2 rings (SSSR count). The maximum Gasteiger partial charge on any atom is 0.145 e. The van der Waals surface area contributed by atoms with Crippen LogP contribution in [-0.2, 0) is 12.0 Å². The first-order valence-electron chi connectivity index (χ1n) is 5.88. The number of rotatable bonds is 3. The van der Waals surface area contributed by atoms with Crippen molar-refractivity contribution >= 4 is 15.9 Å². The van der Waals surface area contributed by atoms with Crippen LogP contribution in [-0.4, -0.2) is 0 Å². The van der Waals surface area contributed by atoms with Crippen LogP contribution in [0.1, 0.15) is 18.1 Å². The first-order valence-corrected chi connectivity index (χ1v) is 6.68. The van der Waals surface area contributed by atoms with E-state index in [0.717, 1.165) is 5.56 Å². The fourth-order valence-corrected chi connectivity index (χ4v) is 2.49. The van der Waals surface area contributed by atoms with E-state index in [-0.39, 0.29) is 10.0 Å². The van der Waals surface area contributed by atoms with E-state index in [2.05, 4.69) is 15.9 Å². The van der Waals surface area contributed by atoms with Crippen molar-refractivity contribution in [2.45, 2.75) is 18.9 Å². The van der Waals surface area contributed by atoms with Crippen LogP contribution in [0.25, 0.3) is 0 Å². The molecule has 0 aliphatic heterocycles. The predicted octanol–water partition coefficient (Wildman–Crippen LogP) is 4.14. The molecule has 0 bridgehead atoms. The molecule has 0 amide bonds. The Bertz CT molecular complexity index is 582. The van der Waals surface area contributed by atoms with Crippen molar-refractivity contribution in [3.05, 3.63) is 69.7 Å². The van der Waals surface area contributed by atoms with Gasteiger partial charge in [0.05, 0.1) is 4.47 Å². The maximum atomic E-state index is 14.1. The van der Waals surface area contributed by atoms with Crippen molar-refractivity contribution < 1.29 is 8.78 Å². The summed E-state index contributed by atoms with van der Waals surface area (Å²) < 4.78 is 28.2. The second-order valence-corrected chi connectivity index (χ2v) is 5.65. The number of hydrogen-bond acceptors (Lipinski definition) is 1. The van der Waals surface area contributed by atoms with Gasteiger partial charge in [-0.05, 0) is 47.0 Å². The Morgan fingerprint density at radius 1 is 1.11 bits per heavy atom. The lowest BCUT2D eigenvalue weighted by Crippen LogP contribution is -2.37. The highest BCUT2D eigenvalue weighted by molar-refractivity contribution is 9.10. The summed E-state index contributed by atoms with van der Waals surface area (Å²) in [7, 11) is 0. The number of nitrogens with two attached hydrogens (primary N) is 1. The Balaban J connectivity index is 2.42. The average molecular weight is 326 g/mol. The zero-order valence-electron chi connectivity index (χ0n) is 10.5. The Morgan fingerprint density at radius 2 is 1.74 bits per heavy atom. The lowest BCUT2D eigenvalue weighted by atomic mass is 9.86. The summed E-state index contributed by atoms with van der Waals surface area (Å²) in [5.74, 6) is -1.26. The molecule has 0 fully saturated rings.